The number of hydrogen-bond donors (Lipinski definition) is 1. The van der Waals surface area contributed by atoms with Gasteiger partial charge in [-0.05, 0) is 44.2 Å². The molecule has 1 aromatic carbocycles. The second kappa shape index (κ2) is 17.3. The molecule has 0 saturated carbocycles. The first kappa shape index (κ1) is 27.7. The summed E-state index contributed by atoms with van der Waals surface area (Å²) in [5, 5.41) is 9.44. The number of benzene rings is 1. The van der Waals surface area contributed by atoms with Crippen LogP contribution in [0.1, 0.15) is 104 Å². The molecule has 0 aliphatic carbocycles. The van der Waals surface area contributed by atoms with Gasteiger partial charge in [-0.15, -0.1) is 0 Å². The van der Waals surface area contributed by atoms with Gasteiger partial charge in [0.2, 0.25) is 0 Å². The van der Waals surface area contributed by atoms with Crippen molar-refractivity contribution in [2.24, 2.45) is 0 Å². The predicted molar refractivity (Wildman–Crippen MR) is 129 cm³/mol. The third-order valence-corrected chi connectivity index (χ3v) is 5.40. The van der Waals surface area contributed by atoms with Crippen LogP contribution in [0.3, 0.4) is 0 Å². The summed E-state index contributed by atoms with van der Waals surface area (Å²) in [6.45, 7) is 3.50. The molecule has 0 amide bonds. The number of carbonyl (C=O) groups is 2. The normalized spacial score (nSPS) is 13.1. The average molecular weight is 447 g/mol. The Morgan fingerprint density at radius 2 is 1.38 bits per heavy atom. The van der Waals surface area contributed by atoms with E-state index in [1.807, 2.05) is 0 Å². The van der Waals surface area contributed by atoms with Crippen LogP contribution in [-0.2, 0) is 14.3 Å². The van der Waals surface area contributed by atoms with Crippen LogP contribution in [0.25, 0.3) is 0 Å². The van der Waals surface area contributed by atoms with E-state index in [2.05, 4.69) is 19.1 Å². The van der Waals surface area contributed by atoms with Gasteiger partial charge in [0.15, 0.2) is 0 Å². The summed E-state index contributed by atoms with van der Waals surface area (Å²) in [7, 11) is 0. The number of hydrogen-bond acceptors (Lipinski definition) is 4. The molecule has 0 saturated heterocycles. The van der Waals surface area contributed by atoms with Gasteiger partial charge in [0.25, 0.3) is 0 Å². The lowest BCUT2D eigenvalue weighted by molar-refractivity contribution is -0.209. The second-order valence-corrected chi connectivity index (χ2v) is 8.47. The summed E-state index contributed by atoms with van der Waals surface area (Å²) in [6.07, 6.45) is 20.1. The van der Waals surface area contributed by atoms with Crippen molar-refractivity contribution in [1.82, 2.24) is 0 Å². The number of carboxylic acid groups (broad SMARTS) is 1. The Morgan fingerprint density at radius 1 is 0.844 bits per heavy atom. The summed E-state index contributed by atoms with van der Waals surface area (Å²) in [4.78, 5) is 23.7. The molecule has 1 unspecified atom stereocenters. The topological polar surface area (TPSA) is 72.8 Å². The van der Waals surface area contributed by atoms with Crippen LogP contribution in [-0.4, -0.2) is 22.8 Å². The average Bonchev–Trinajstić information content (AvgIpc) is 2.77. The van der Waals surface area contributed by atoms with Gasteiger partial charge in [0.1, 0.15) is 5.75 Å². The third-order valence-electron chi connectivity index (χ3n) is 5.40. The molecule has 5 nitrogen and oxygen atoms in total. The van der Waals surface area contributed by atoms with Crippen molar-refractivity contribution >= 4 is 11.9 Å². The van der Waals surface area contributed by atoms with Gasteiger partial charge in [-0.3, -0.25) is 4.79 Å². The minimum Gasteiger partial charge on any atom is -0.475 e. The summed E-state index contributed by atoms with van der Waals surface area (Å²) in [5.74, 6) is -3.57. The molecule has 5 heteroatoms. The van der Waals surface area contributed by atoms with Crippen LogP contribution in [0.4, 0.5) is 0 Å². The summed E-state index contributed by atoms with van der Waals surface area (Å²) in [5.41, 5.74) is 0. The van der Waals surface area contributed by atoms with E-state index in [0.29, 0.717) is 12.2 Å². The molecule has 0 aliphatic heterocycles. The van der Waals surface area contributed by atoms with E-state index in [-0.39, 0.29) is 6.42 Å². The minimum atomic E-state index is -2.03. The van der Waals surface area contributed by atoms with E-state index in [1.165, 1.54) is 58.3 Å². The molecule has 0 bridgehead atoms. The third kappa shape index (κ3) is 13.2. The second-order valence-electron chi connectivity index (χ2n) is 8.47. The molecule has 180 valence electrons. The molecule has 0 radical (unpaired) electrons. The number of unbranched alkanes of at least 4 members (excludes halogenated alkanes) is 11. The van der Waals surface area contributed by atoms with Gasteiger partial charge in [-0.25, -0.2) is 4.79 Å². The summed E-state index contributed by atoms with van der Waals surface area (Å²) >= 11 is 0. The number of ether oxygens (including phenoxy) is 2. The van der Waals surface area contributed by atoms with E-state index < -0.39 is 17.7 Å². The Morgan fingerprint density at radius 3 is 1.94 bits per heavy atom. The Bertz CT molecular complexity index is 655. The number of rotatable bonds is 19. The highest BCUT2D eigenvalue weighted by molar-refractivity contribution is 5.80. The molecule has 0 heterocycles. The zero-order valence-corrected chi connectivity index (χ0v) is 20.0. The van der Waals surface area contributed by atoms with Crippen LogP contribution >= 0.6 is 0 Å². The number of carbonyl (C=O) groups excluding carboxylic acids is 1. The van der Waals surface area contributed by atoms with Crippen molar-refractivity contribution in [2.75, 3.05) is 0 Å². The SMILES string of the molecule is CCCCCCCC/C=C\CCCCCCCC(=O)OC(C)(Oc1ccccc1)C(=O)O. The first-order valence-corrected chi connectivity index (χ1v) is 12.3. The maximum absolute atomic E-state index is 12.1. The fraction of sp³-hybridized carbons (Fsp3) is 0.630. The predicted octanol–water partition coefficient (Wildman–Crippen LogP) is 7.45. The largest absolute Gasteiger partial charge is 0.475 e. The number of carboxylic acids is 1. The minimum absolute atomic E-state index is 0.194. The van der Waals surface area contributed by atoms with Crippen LogP contribution in [0.5, 0.6) is 5.75 Å². The lowest BCUT2D eigenvalue weighted by Crippen LogP contribution is -2.45. The van der Waals surface area contributed by atoms with Crippen LogP contribution in [0, 0.1) is 0 Å². The highest BCUT2D eigenvalue weighted by Crippen LogP contribution is 2.21. The van der Waals surface area contributed by atoms with E-state index in [4.69, 9.17) is 9.47 Å². The maximum Gasteiger partial charge on any atom is 0.390 e. The standard InChI is InChI=1S/C27H42O5/c1-3-4-5-6-7-8-9-10-11-12-13-14-15-16-20-23-25(28)32-27(2,26(29)30)31-24-21-18-17-19-22-24/h10-11,17-19,21-22H,3-9,12-16,20,23H2,1-2H3,(H,29,30)/b11-10-. The van der Waals surface area contributed by atoms with E-state index >= 15 is 0 Å². The Labute approximate surface area is 194 Å². The maximum atomic E-state index is 12.1. The number of esters is 1. The van der Waals surface area contributed by atoms with Crippen molar-refractivity contribution in [3.63, 3.8) is 0 Å². The number of allylic oxidation sites excluding steroid dienone is 2. The van der Waals surface area contributed by atoms with Crippen molar-refractivity contribution < 1.29 is 24.2 Å². The molecular formula is C27H42O5. The van der Waals surface area contributed by atoms with Crippen LogP contribution < -0.4 is 4.74 Å². The molecule has 32 heavy (non-hydrogen) atoms. The molecular weight excluding hydrogens is 404 g/mol. The van der Waals surface area contributed by atoms with Gasteiger partial charge < -0.3 is 14.6 Å². The first-order chi connectivity index (χ1) is 15.5. The van der Waals surface area contributed by atoms with Crippen molar-refractivity contribution in [3.8, 4) is 5.75 Å². The Balaban J connectivity index is 2.08. The highest BCUT2D eigenvalue weighted by atomic mass is 16.7. The highest BCUT2D eigenvalue weighted by Gasteiger charge is 2.40. The van der Waals surface area contributed by atoms with E-state index in [1.54, 1.807) is 30.3 Å². The molecule has 0 spiro atoms. The van der Waals surface area contributed by atoms with Crippen molar-refractivity contribution in [3.05, 3.63) is 42.5 Å². The van der Waals surface area contributed by atoms with Gasteiger partial charge >= 0.3 is 17.7 Å². The van der Waals surface area contributed by atoms with Gasteiger partial charge in [-0.2, -0.15) is 0 Å². The van der Waals surface area contributed by atoms with Gasteiger partial charge in [-0.1, -0.05) is 88.6 Å². The Hall–Kier alpha value is -2.30. The molecule has 0 aromatic heterocycles. The monoisotopic (exact) mass is 446 g/mol. The smallest absolute Gasteiger partial charge is 0.390 e. The van der Waals surface area contributed by atoms with Crippen LogP contribution in [0.2, 0.25) is 0 Å². The van der Waals surface area contributed by atoms with Gasteiger partial charge in [0, 0.05) is 13.3 Å². The van der Waals surface area contributed by atoms with Gasteiger partial charge in [0.05, 0.1) is 0 Å². The van der Waals surface area contributed by atoms with Crippen molar-refractivity contribution in [1.29, 1.82) is 0 Å². The summed E-state index contributed by atoms with van der Waals surface area (Å²) < 4.78 is 10.6. The summed E-state index contributed by atoms with van der Waals surface area (Å²) in [6, 6.07) is 8.50. The number of para-hydroxylation sites is 1. The molecule has 1 N–H and O–H groups in total. The lowest BCUT2D eigenvalue weighted by atomic mass is 10.1. The fourth-order valence-corrected chi connectivity index (χ4v) is 3.43. The van der Waals surface area contributed by atoms with E-state index in [0.717, 1.165) is 25.7 Å². The molecule has 1 aromatic rings. The lowest BCUT2D eigenvalue weighted by Gasteiger charge is -2.25. The zero-order chi connectivity index (χ0) is 23.5. The molecule has 0 fully saturated rings. The molecule has 1 rings (SSSR count). The van der Waals surface area contributed by atoms with Crippen molar-refractivity contribution in [2.45, 2.75) is 110 Å². The molecule has 1 atom stereocenters. The van der Waals surface area contributed by atoms with E-state index in [9.17, 15) is 14.7 Å². The Kier molecular flexibility index (Phi) is 15.0. The first-order valence-electron chi connectivity index (χ1n) is 12.3. The quantitative estimate of drug-likeness (QED) is 0.103. The fourth-order valence-electron chi connectivity index (χ4n) is 3.43. The zero-order valence-electron chi connectivity index (χ0n) is 20.0. The van der Waals surface area contributed by atoms with Crippen LogP contribution in [0.15, 0.2) is 42.5 Å². The number of aliphatic carboxylic acids is 1. The molecule has 0 aliphatic rings.